The molecule has 1 amide bonds. The lowest BCUT2D eigenvalue weighted by Gasteiger charge is -2.15. The fraction of sp³-hybridized carbons (Fsp3) is 0.263. The van der Waals surface area contributed by atoms with E-state index < -0.39 is 23.0 Å². The minimum Gasteiger partial charge on any atom is -0.419 e. The van der Waals surface area contributed by atoms with Crippen molar-refractivity contribution < 1.29 is 26.8 Å². The minimum atomic E-state index is -4.66. The predicted octanol–water partition coefficient (Wildman–Crippen LogP) is 3.32. The monoisotopic (exact) mass is 436 g/mol. The predicted molar refractivity (Wildman–Crippen MR) is 101 cm³/mol. The van der Waals surface area contributed by atoms with Gasteiger partial charge < -0.3 is 15.1 Å². The Balaban J connectivity index is 1.67. The van der Waals surface area contributed by atoms with Crippen molar-refractivity contribution in [3.63, 3.8) is 0 Å². The molecule has 2 aromatic heterocycles. The molecule has 0 aliphatic carbocycles. The average molecular weight is 436 g/mol. The highest BCUT2D eigenvalue weighted by Crippen LogP contribution is 2.36. The summed E-state index contributed by atoms with van der Waals surface area (Å²) in [5.41, 5.74) is -2.20. The van der Waals surface area contributed by atoms with E-state index >= 15 is 0 Å². The Bertz CT molecular complexity index is 1170. The van der Waals surface area contributed by atoms with Crippen LogP contribution in [0, 0.1) is 5.82 Å². The van der Waals surface area contributed by atoms with Crippen LogP contribution in [0.1, 0.15) is 17.9 Å². The number of carbonyl (C=O) groups is 1. The highest BCUT2D eigenvalue weighted by Gasteiger charge is 2.46. The first-order valence-corrected chi connectivity index (χ1v) is 9.08. The molecule has 0 unspecified atom stereocenters. The first kappa shape index (κ1) is 20.6. The van der Waals surface area contributed by atoms with E-state index in [1.807, 2.05) is 0 Å². The molecule has 3 aromatic rings. The second-order valence-corrected chi connectivity index (χ2v) is 6.98. The van der Waals surface area contributed by atoms with E-state index in [2.05, 4.69) is 32.5 Å². The summed E-state index contributed by atoms with van der Waals surface area (Å²) in [6, 6.07) is 2.11. The molecule has 0 spiro atoms. The Kier molecular flexibility index (Phi) is 4.79. The minimum absolute atomic E-state index is 0.00107. The maximum Gasteiger partial charge on any atom is 0.416 e. The van der Waals surface area contributed by atoms with Gasteiger partial charge in [0.05, 0.1) is 11.3 Å². The number of alkyl halides is 3. The summed E-state index contributed by atoms with van der Waals surface area (Å²) < 4.78 is 59.7. The lowest BCUT2D eigenvalue weighted by molar-refractivity contribution is -0.137. The normalized spacial score (nSPS) is 18.8. The highest BCUT2D eigenvalue weighted by atomic mass is 19.4. The largest absolute Gasteiger partial charge is 0.419 e. The van der Waals surface area contributed by atoms with Gasteiger partial charge in [0.25, 0.3) is 5.89 Å². The SMILES string of the molecule is C=C[C@@]1(c2nnc(-c3cn(C)nc3Nc3ccc(C(F)(F)F)cc3F)o2)CCNC1=O. The number of benzene rings is 1. The zero-order chi connectivity index (χ0) is 22.4. The number of hydrogen-bond donors (Lipinski definition) is 2. The Hall–Kier alpha value is -3.70. The smallest absolute Gasteiger partial charge is 0.416 e. The topological polar surface area (TPSA) is 97.9 Å². The first-order chi connectivity index (χ1) is 14.6. The van der Waals surface area contributed by atoms with Gasteiger partial charge in [0, 0.05) is 19.8 Å². The number of rotatable bonds is 5. The van der Waals surface area contributed by atoms with Gasteiger partial charge in [-0.1, -0.05) is 6.08 Å². The van der Waals surface area contributed by atoms with E-state index in [0.29, 0.717) is 19.0 Å². The molecule has 0 radical (unpaired) electrons. The van der Waals surface area contributed by atoms with Gasteiger partial charge in [-0.25, -0.2) is 4.39 Å². The van der Waals surface area contributed by atoms with Crippen LogP contribution < -0.4 is 10.6 Å². The maximum absolute atomic E-state index is 14.3. The van der Waals surface area contributed by atoms with E-state index in [9.17, 15) is 22.4 Å². The molecule has 1 aliphatic rings. The van der Waals surface area contributed by atoms with Crippen molar-refractivity contribution >= 4 is 17.4 Å². The number of hydrogen-bond acceptors (Lipinski definition) is 6. The Morgan fingerprint density at radius 2 is 2.13 bits per heavy atom. The molecule has 2 N–H and O–H groups in total. The molecular formula is C19H16F4N6O2. The lowest BCUT2D eigenvalue weighted by atomic mass is 9.86. The number of anilines is 2. The molecule has 1 aromatic carbocycles. The van der Waals surface area contributed by atoms with Crippen LogP contribution >= 0.6 is 0 Å². The zero-order valence-corrected chi connectivity index (χ0v) is 16.1. The third-order valence-electron chi connectivity index (χ3n) is 4.97. The number of nitrogens with one attached hydrogen (secondary N) is 2. The summed E-state index contributed by atoms with van der Waals surface area (Å²) in [6.07, 6.45) is -1.32. The average Bonchev–Trinajstić information content (AvgIpc) is 3.41. The van der Waals surface area contributed by atoms with Crippen LogP contribution in [0.15, 0.2) is 41.5 Å². The van der Waals surface area contributed by atoms with E-state index in [0.717, 1.165) is 12.1 Å². The Morgan fingerprint density at radius 3 is 2.74 bits per heavy atom. The molecular weight excluding hydrogens is 420 g/mol. The molecule has 1 aliphatic heterocycles. The van der Waals surface area contributed by atoms with Gasteiger partial charge in [-0.15, -0.1) is 16.8 Å². The molecule has 4 rings (SSSR count). The van der Waals surface area contributed by atoms with Gasteiger partial charge in [-0.2, -0.15) is 18.3 Å². The number of amides is 1. The van der Waals surface area contributed by atoms with Crippen molar-refractivity contribution in [1.29, 1.82) is 0 Å². The van der Waals surface area contributed by atoms with Crippen LogP contribution in [-0.2, 0) is 23.4 Å². The van der Waals surface area contributed by atoms with Gasteiger partial charge in [-0.05, 0) is 24.6 Å². The summed E-state index contributed by atoms with van der Waals surface area (Å²) in [7, 11) is 1.59. The number of carbonyl (C=O) groups excluding carboxylic acids is 1. The molecule has 1 atom stereocenters. The Labute approximate surface area is 173 Å². The van der Waals surface area contributed by atoms with Crippen molar-refractivity contribution in [2.75, 3.05) is 11.9 Å². The van der Waals surface area contributed by atoms with Gasteiger partial charge in [0.1, 0.15) is 16.8 Å². The molecule has 162 valence electrons. The standard InChI is InChI=1S/C19H16F4N6O2/c1-3-18(6-7-24-16(18)30)17-27-26-15(31-17)11-9-29(2)28-14(11)25-13-5-4-10(8-12(13)20)19(21,22)23/h3-5,8-9H,1,6-7H2,2H3,(H,24,30)(H,25,28)/t18-/m1/s1. The number of nitrogens with zero attached hydrogens (tertiary/aromatic N) is 4. The summed E-state index contributed by atoms with van der Waals surface area (Å²) in [5.74, 6) is -1.29. The molecule has 0 bridgehead atoms. The fourth-order valence-electron chi connectivity index (χ4n) is 3.30. The quantitative estimate of drug-likeness (QED) is 0.471. The van der Waals surface area contributed by atoms with Crippen LogP contribution in [0.4, 0.5) is 29.1 Å². The lowest BCUT2D eigenvalue weighted by Crippen LogP contribution is -2.33. The van der Waals surface area contributed by atoms with Gasteiger partial charge in [0.2, 0.25) is 11.8 Å². The van der Waals surface area contributed by atoms with Crippen molar-refractivity contribution in [3.05, 3.63) is 54.3 Å². The molecule has 1 saturated heterocycles. The fourth-order valence-corrected chi connectivity index (χ4v) is 3.30. The van der Waals surface area contributed by atoms with Crippen molar-refractivity contribution in [2.24, 2.45) is 7.05 Å². The van der Waals surface area contributed by atoms with Crippen LogP contribution in [0.3, 0.4) is 0 Å². The molecule has 0 saturated carbocycles. The summed E-state index contributed by atoms with van der Waals surface area (Å²) in [6.45, 7) is 4.12. The summed E-state index contributed by atoms with van der Waals surface area (Å²) >= 11 is 0. The first-order valence-electron chi connectivity index (χ1n) is 9.08. The van der Waals surface area contributed by atoms with E-state index in [1.54, 1.807) is 7.05 Å². The third kappa shape index (κ3) is 3.53. The van der Waals surface area contributed by atoms with Crippen LogP contribution in [0.5, 0.6) is 0 Å². The summed E-state index contributed by atoms with van der Waals surface area (Å²) in [4.78, 5) is 12.3. The van der Waals surface area contributed by atoms with E-state index in [-0.39, 0.29) is 34.8 Å². The molecule has 31 heavy (non-hydrogen) atoms. The molecule has 1 fully saturated rings. The highest BCUT2D eigenvalue weighted by molar-refractivity contribution is 5.91. The van der Waals surface area contributed by atoms with Crippen molar-refractivity contribution in [3.8, 4) is 11.5 Å². The number of halogens is 4. The molecule has 12 heteroatoms. The van der Waals surface area contributed by atoms with E-state index in [4.69, 9.17) is 4.42 Å². The second-order valence-electron chi connectivity index (χ2n) is 6.98. The third-order valence-corrected chi connectivity index (χ3v) is 4.97. The van der Waals surface area contributed by atoms with E-state index in [1.165, 1.54) is 17.0 Å². The molecule has 8 nitrogen and oxygen atoms in total. The van der Waals surface area contributed by atoms with Gasteiger partial charge >= 0.3 is 6.18 Å². The van der Waals surface area contributed by atoms with Gasteiger partial charge in [0.15, 0.2) is 5.82 Å². The van der Waals surface area contributed by atoms with Crippen LogP contribution in [0.25, 0.3) is 11.5 Å². The van der Waals surface area contributed by atoms with Gasteiger partial charge in [-0.3, -0.25) is 9.48 Å². The number of aromatic nitrogens is 4. The maximum atomic E-state index is 14.3. The molecule has 3 heterocycles. The zero-order valence-electron chi connectivity index (χ0n) is 16.1. The number of aryl methyl sites for hydroxylation is 1. The van der Waals surface area contributed by atoms with Crippen LogP contribution in [-0.4, -0.2) is 32.4 Å². The van der Waals surface area contributed by atoms with Crippen molar-refractivity contribution in [2.45, 2.75) is 18.0 Å². The van der Waals surface area contributed by atoms with Crippen LogP contribution in [0.2, 0.25) is 0 Å². The van der Waals surface area contributed by atoms with Crippen molar-refractivity contribution in [1.82, 2.24) is 25.3 Å². The summed E-state index contributed by atoms with van der Waals surface area (Å²) in [5, 5.41) is 17.4. The second kappa shape index (κ2) is 7.22. The Morgan fingerprint density at radius 1 is 1.35 bits per heavy atom.